The first-order valence-electron chi connectivity index (χ1n) is 5.43. The lowest BCUT2D eigenvalue weighted by molar-refractivity contribution is 0.350. The smallest absolute Gasteiger partial charge is 0.228 e. The predicted molar refractivity (Wildman–Crippen MR) is 78.4 cm³/mol. The maximum atomic E-state index is 11.8. The predicted octanol–water partition coefficient (Wildman–Crippen LogP) is -0.144. The second kappa shape index (κ2) is 6.69. The van der Waals surface area contributed by atoms with Gasteiger partial charge < -0.3 is 5.11 Å². The SMILES string of the molecule is CN(Cc1csc(C#CCO)c1)S(=O)(=O)CS(C)(=O)=O. The fraction of sp³-hybridized carbons (Fsp3) is 0.455. The van der Waals surface area contributed by atoms with E-state index >= 15 is 0 Å². The molecule has 0 spiro atoms. The van der Waals surface area contributed by atoms with Crippen LogP contribution in [0.2, 0.25) is 0 Å². The van der Waals surface area contributed by atoms with Crippen LogP contribution in [0.4, 0.5) is 0 Å². The highest BCUT2D eigenvalue weighted by atomic mass is 32.3. The Labute approximate surface area is 123 Å². The van der Waals surface area contributed by atoms with Crippen LogP contribution in [-0.2, 0) is 26.4 Å². The Hall–Kier alpha value is -0.920. The van der Waals surface area contributed by atoms with E-state index in [0.717, 1.165) is 16.1 Å². The minimum absolute atomic E-state index is 0.0785. The molecule has 0 bridgehead atoms. The fourth-order valence-electron chi connectivity index (χ4n) is 1.37. The van der Waals surface area contributed by atoms with E-state index in [9.17, 15) is 16.8 Å². The number of hydrogen-bond acceptors (Lipinski definition) is 6. The molecule has 1 aromatic heterocycles. The molecule has 0 fully saturated rings. The summed E-state index contributed by atoms with van der Waals surface area (Å²) >= 11 is 1.33. The minimum Gasteiger partial charge on any atom is -0.384 e. The number of rotatable bonds is 5. The summed E-state index contributed by atoms with van der Waals surface area (Å²) in [4.78, 5) is 0.711. The molecule has 1 heterocycles. The van der Waals surface area contributed by atoms with Gasteiger partial charge in [-0.05, 0) is 17.0 Å². The van der Waals surface area contributed by atoms with Gasteiger partial charge in [0.05, 0.1) is 4.88 Å². The van der Waals surface area contributed by atoms with Gasteiger partial charge in [0.25, 0.3) is 0 Å². The Kier molecular flexibility index (Phi) is 5.73. The van der Waals surface area contributed by atoms with E-state index in [4.69, 9.17) is 5.11 Å². The fourth-order valence-corrected chi connectivity index (χ4v) is 5.37. The average Bonchev–Trinajstić information content (AvgIpc) is 2.70. The maximum Gasteiger partial charge on any atom is 0.228 e. The van der Waals surface area contributed by atoms with Crippen molar-refractivity contribution in [1.29, 1.82) is 0 Å². The van der Waals surface area contributed by atoms with E-state index in [1.54, 1.807) is 11.4 Å². The quantitative estimate of drug-likeness (QED) is 0.755. The molecule has 1 N–H and O–H groups in total. The molecule has 0 saturated carbocycles. The molecule has 0 aliphatic heterocycles. The van der Waals surface area contributed by atoms with E-state index in [0.29, 0.717) is 4.88 Å². The third-order valence-corrected chi connectivity index (χ3v) is 7.06. The molecular weight excluding hydrogens is 322 g/mol. The van der Waals surface area contributed by atoms with Gasteiger partial charge in [-0.2, -0.15) is 4.31 Å². The van der Waals surface area contributed by atoms with Gasteiger partial charge in [0.1, 0.15) is 6.61 Å². The van der Waals surface area contributed by atoms with Gasteiger partial charge >= 0.3 is 0 Å². The Morgan fingerprint density at radius 1 is 1.35 bits per heavy atom. The van der Waals surface area contributed by atoms with Gasteiger partial charge in [0.2, 0.25) is 10.0 Å². The second-order valence-electron chi connectivity index (χ2n) is 4.19. The molecule has 6 nitrogen and oxygen atoms in total. The standard InChI is InChI=1S/C11H15NO5S3/c1-12(20(16,17)9-19(2,14)15)7-10-6-11(18-8-10)4-3-5-13/h6,8,13H,5,7,9H2,1-2H3. The van der Waals surface area contributed by atoms with Crippen molar-refractivity contribution in [2.75, 3.05) is 25.0 Å². The van der Waals surface area contributed by atoms with Crippen molar-refractivity contribution < 1.29 is 21.9 Å². The van der Waals surface area contributed by atoms with Crippen molar-refractivity contribution in [3.05, 3.63) is 21.9 Å². The van der Waals surface area contributed by atoms with E-state index in [1.165, 1.54) is 18.4 Å². The molecule has 0 amide bonds. The van der Waals surface area contributed by atoms with Crippen LogP contribution in [0.5, 0.6) is 0 Å². The molecule has 0 unspecified atom stereocenters. The lowest BCUT2D eigenvalue weighted by atomic mass is 10.3. The normalized spacial score (nSPS) is 12.2. The summed E-state index contributed by atoms with van der Waals surface area (Å²) in [6.45, 7) is -0.162. The largest absolute Gasteiger partial charge is 0.384 e. The van der Waals surface area contributed by atoms with Crippen LogP contribution < -0.4 is 0 Å². The van der Waals surface area contributed by atoms with Crippen molar-refractivity contribution in [1.82, 2.24) is 4.31 Å². The second-order valence-corrected chi connectivity index (χ2v) is 9.68. The zero-order valence-electron chi connectivity index (χ0n) is 11.0. The van der Waals surface area contributed by atoms with Crippen molar-refractivity contribution in [3.8, 4) is 11.8 Å². The molecular formula is C11H15NO5S3. The van der Waals surface area contributed by atoms with Crippen molar-refractivity contribution in [2.24, 2.45) is 0 Å². The highest BCUT2D eigenvalue weighted by molar-refractivity contribution is 8.06. The molecule has 20 heavy (non-hydrogen) atoms. The number of nitrogens with zero attached hydrogens (tertiary/aromatic N) is 1. The van der Waals surface area contributed by atoms with E-state index in [1.807, 2.05) is 0 Å². The average molecular weight is 337 g/mol. The lowest BCUT2D eigenvalue weighted by Crippen LogP contribution is -2.31. The van der Waals surface area contributed by atoms with Crippen LogP contribution in [0.15, 0.2) is 11.4 Å². The van der Waals surface area contributed by atoms with E-state index in [2.05, 4.69) is 11.8 Å². The minimum atomic E-state index is -3.85. The summed E-state index contributed by atoms with van der Waals surface area (Å²) in [5, 5.41) is 9.42. The van der Waals surface area contributed by atoms with Crippen LogP contribution >= 0.6 is 11.3 Å². The van der Waals surface area contributed by atoms with Crippen molar-refractivity contribution in [2.45, 2.75) is 6.54 Å². The summed E-state index contributed by atoms with van der Waals surface area (Å²) in [5.74, 6) is 5.22. The Balaban J connectivity index is 2.80. The van der Waals surface area contributed by atoms with Crippen LogP contribution in [0.25, 0.3) is 0 Å². The first-order chi connectivity index (χ1) is 9.14. The highest BCUT2D eigenvalue weighted by Gasteiger charge is 2.23. The molecule has 0 radical (unpaired) electrons. The Morgan fingerprint density at radius 3 is 2.55 bits per heavy atom. The molecule has 0 aliphatic rings. The van der Waals surface area contributed by atoms with Crippen molar-refractivity contribution in [3.63, 3.8) is 0 Å². The third-order valence-electron chi connectivity index (χ3n) is 2.19. The molecule has 1 aromatic rings. The highest BCUT2D eigenvalue weighted by Crippen LogP contribution is 2.16. The number of sulfonamides is 1. The Bertz CT molecular complexity index is 722. The van der Waals surface area contributed by atoms with Gasteiger partial charge in [0.15, 0.2) is 14.9 Å². The number of aliphatic hydroxyl groups is 1. The topological polar surface area (TPSA) is 91.8 Å². The first-order valence-corrected chi connectivity index (χ1v) is 9.98. The van der Waals surface area contributed by atoms with E-state index < -0.39 is 24.9 Å². The summed E-state index contributed by atoms with van der Waals surface area (Å²) in [7, 11) is -6.12. The summed E-state index contributed by atoms with van der Waals surface area (Å²) < 4.78 is 46.8. The number of aliphatic hydroxyl groups excluding tert-OH is 1. The lowest BCUT2D eigenvalue weighted by Gasteiger charge is -2.15. The van der Waals surface area contributed by atoms with E-state index in [-0.39, 0.29) is 13.2 Å². The molecule has 9 heteroatoms. The summed E-state index contributed by atoms with van der Waals surface area (Å²) in [6.07, 6.45) is 0.881. The molecule has 0 atom stereocenters. The number of sulfone groups is 1. The van der Waals surface area contributed by atoms with Gasteiger partial charge in [-0.3, -0.25) is 0 Å². The first kappa shape index (κ1) is 17.1. The maximum absolute atomic E-state index is 11.8. The molecule has 1 rings (SSSR count). The monoisotopic (exact) mass is 337 g/mol. The van der Waals surface area contributed by atoms with Gasteiger partial charge in [-0.25, -0.2) is 16.8 Å². The van der Waals surface area contributed by atoms with Gasteiger partial charge in [0, 0.05) is 19.8 Å². The van der Waals surface area contributed by atoms with Crippen LogP contribution in [0.1, 0.15) is 10.4 Å². The summed E-state index contributed by atoms with van der Waals surface area (Å²) in [5.41, 5.74) is 0.719. The van der Waals surface area contributed by atoms with Gasteiger partial charge in [-0.1, -0.05) is 11.8 Å². The van der Waals surface area contributed by atoms with Crippen LogP contribution in [-0.4, -0.2) is 51.2 Å². The molecule has 0 aromatic carbocycles. The van der Waals surface area contributed by atoms with Crippen LogP contribution in [0, 0.1) is 11.8 Å². The summed E-state index contributed by atoms with van der Waals surface area (Å²) in [6, 6.07) is 1.71. The Morgan fingerprint density at radius 2 is 2.00 bits per heavy atom. The van der Waals surface area contributed by atoms with Crippen LogP contribution in [0.3, 0.4) is 0 Å². The number of thiophene rings is 1. The van der Waals surface area contributed by atoms with Crippen molar-refractivity contribution >= 4 is 31.2 Å². The zero-order chi connectivity index (χ0) is 15.4. The zero-order valence-corrected chi connectivity index (χ0v) is 13.5. The van der Waals surface area contributed by atoms with Gasteiger partial charge in [-0.15, -0.1) is 11.3 Å². The molecule has 0 saturated heterocycles. The molecule has 0 aliphatic carbocycles. The number of hydrogen-bond donors (Lipinski definition) is 1. The third kappa shape index (κ3) is 5.60. The molecule has 112 valence electrons.